The monoisotopic (exact) mass is 147 g/mol. The van der Waals surface area contributed by atoms with Gasteiger partial charge in [-0.3, -0.25) is 5.10 Å². The van der Waals surface area contributed by atoms with Crippen molar-refractivity contribution in [2.24, 2.45) is 0 Å². The molecule has 1 aromatic heterocycles. The fourth-order valence-corrected chi connectivity index (χ4v) is 1.12. The molecule has 11 heavy (non-hydrogen) atoms. The van der Waals surface area contributed by atoms with Gasteiger partial charge in [0, 0.05) is 11.1 Å². The molecule has 0 amide bonds. The van der Waals surface area contributed by atoms with Gasteiger partial charge in [0.25, 0.3) is 0 Å². The Labute approximate surface area is 64.2 Å². The first-order valence-corrected chi connectivity index (χ1v) is 3.46. The van der Waals surface area contributed by atoms with Crippen molar-refractivity contribution < 1.29 is 0 Å². The summed E-state index contributed by atoms with van der Waals surface area (Å²) in [5.74, 6) is 0. The Morgan fingerprint density at radius 2 is 2.27 bits per heavy atom. The molecule has 56 valence electrons. The Bertz CT molecular complexity index is 353. The van der Waals surface area contributed by atoms with Crippen molar-refractivity contribution in [2.75, 3.05) is 5.73 Å². The summed E-state index contributed by atoms with van der Waals surface area (Å²) < 4.78 is 0. The van der Waals surface area contributed by atoms with Gasteiger partial charge in [0.05, 0.1) is 11.7 Å². The number of aromatic amines is 1. The molecule has 0 aliphatic rings. The van der Waals surface area contributed by atoms with E-state index in [0.29, 0.717) is 0 Å². The predicted molar refractivity (Wildman–Crippen MR) is 45.2 cm³/mol. The van der Waals surface area contributed by atoms with E-state index in [1.165, 1.54) is 0 Å². The standard InChI is InChI=1S/C8H9N3/c1-5-2-8-6(3-7(5)9)4-10-11-8/h2-4H,9H2,1H3,(H,10,11). The first-order chi connectivity index (χ1) is 5.27. The van der Waals surface area contributed by atoms with Crippen molar-refractivity contribution in [2.45, 2.75) is 6.92 Å². The lowest BCUT2D eigenvalue weighted by molar-refractivity contribution is 1.12. The molecule has 0 unspecified atom stereocenters. The number of nitrogens with one attached hydrogen (secondary N) is 1. The van der Waals surface area contributed by atoms with Gasteiger partial charge in [-0.05, 0) is 24.6 Å². The van der Waals surface area contributed by atoms with Gasteiger partial charge >= 0.3 is 0 Å². The van der Waals surface area contributed by atoms with Gasteiger partial charge in [0.15, 0.2) is 0 Å². The third-order valence-electron chi connectivity index (χ3n) is 1.83. The molecule has 3 heteroatoms. The Morgan fingerprint density at radius 1 is 1.45 bits per heavy atom. The van der Waals surface area contributed by atoms with Gasteiger partial charge in [0.1, 0.15) is 0 Å². The molecule has 3 nitrogen and oxygen atoms in total. The molecule has 0 radical (unpaired) electrons. The van der Waals surface area contributed by atoms with Crippen LogP contribution < -0.4 is 5.73 Å². The average Bonchev–Trinajstić information content (AvgIpc) is 2.36. The lowest BCUT2D eigenvalue weighted by atomic mass is 10.1. The maximum atomic E-state index is 5.70. The molecule has 0 atom stereocenters. The summed E-state index contributed by atoms with van der Waals surface area (Å²) in [4.78, 5) is 0. The molecule has 0 saturated carbocycles. The second kappa shape index (κ2) is 1.99. The van der Waals surface area contributed by atoms with Crippen LogP contribution in [0.4, 0.5) is 5.69 Å². The molecule has 0 spiro atoms. The highest BCUT2D eigenvalue weighted by molar-refractivity contribution is 5.82. The number of rotatable bonds is 0. The van der Waals surface area contributed by atoms with Crippen LogP contribution in [0.1, 0.15) is 5.56 Å². The molecule has 3 N–H and O–H groups in total. The minimum atomic E-state index is 0.818. The van der Waals surface area contributed by atoms with Crippen LogP contribution in [0.5, 0.6) is 0 Å². The number of fused-ring (bicyclic) bond motifs is 1. The average molecular weight is 147 g/mol. The summed E-state index contributed by atoms with van der Waals surface area (Å²) in [5, 5.41) is 7.85. The molecule has 1 heterocycles. The Hall–Kier alpha value is -1.51. The minimum Gasteiger partial charge on any atom is -0.398 e. The van der Waals surface area contributed by atoms with Crippen molar-refractivity contribution in [3.8, 4) is 0 Å². The van der Waals surface area contributed by atoms with Crippen molar-refractivity contribution in [3.63, 3.8) is 0 Å². The van der Waals surface area contributed by atoms with Gasteiger partial charge in [-0.25, -0.2) is 0 Å². The SMILES string of the molecule is Cc1cc2[nH]ncc2cc1N. The molecule has 0 bridgehead atoms. The second-order valence-electron chi connectivity index (χ2n) is 2.67. The zero-order chi connectivity index (χ0) is 7.84. The quantitative estimate of drug-likeness (QED) is 0.554. The summed E-state index contributed by atoms with van der Waals surface area (Å²) in [5.41, 5.74) is 8.65. The van der Waals surface area contributed by atoms with Crippen LogP contribution in [0.25, 0.3) is 10.9 Å². The molecule has 0 aliphatic carbocycles. The zero-order valence-corrected chi connectivity index (χ0v) is 6.26. The van der Waals surface area contributed by atoms with E-state index in [4.69, 9.17) is 5.73 Å². The van der Waals surface area contributed by atoms with Crippen LogP contribution in [0.3, 0.4) is 0 Å². The van der Waals surface area contributed by atoms with E-state index in [0.717, 1.165) is 22.2 Å². The number of benzene rings is 1. The normalized spacial score (nSPS) is 10.6. The smallest absolute Gasteiger partial charge is 0.0654 e. The summed E-state index contributed by atoms with van der Waals surface area (Å²) in [7, 11) is 0. The largest absolute Gasteiger partial charge is 0.398 e. The Morgan fingerprint density at radius 3 is 3.09 bits per heavy atom. The molecule has 0 saturated heterocycles. The number of aromatic nitrogens is 2. The van der Waals surface area contributed by atoms with Gasteiger partial charge in [-0.1, -0.05) is 0 Å². The highest BCUT2D eigenvalue weighted by atomic mass is 15.1. The molecule has 2 aromatic rings. The number of hydrogen-bond acceptors (Lipinski definition) is 2. The minimum absolute atomic E-state index is 0.818. The number of hydrogen-bond donors (Lipinski definition) is 2. The number of nitrogen functional groups attached to an aromatic ring is 1. The third-order valence-corrected chi connectivity index (χ3v) is 1.83. The van der Waals surface area contributed by atoms with E-state index < -0.39 is 0 Å². The lowest BCUT2D eigenvalue weighted by Gasteiger charge is -1.97. The lowest BCUT2D eigenvalue weighted by Crippen LogP contribution is -1.87. The number of nitrogens with zero attached hydrogens (tertiary/aromatic N) is 1. The number of nitrogens with two attached hydrogens (primary N) is 1. The Balaban J connectivity index is 2.86. The Kier molecular flexibility index (Phi) is 1.12. The first-order valence-electron chi connectivity index (χ1n) is 3.46. The summed E-state index contributed by atoms with van der Waals surface area (Å²) in [6.45, 7) is 1.98. The van der Waals surface area contributed by atoms with E-state index in [2.05, 4.69) is 10.2 Å². The van der Waals surface area contributed by atoms with Crippen LogP contribution in [-0.4, -0.2) is 10.2 Å². The highest BCUT2D eigenvalue weighted by Gasteiger charge is 1.98. The maximum Gasteiger partial charge on any atom is 0.0654 e. The molecule has 2 rings (SSSR count). The zero-order valence-electron chi connectivity index (χ0n) is 6.26. The van der Waals surface area contributed by atoms with Gasteiger partial charge in [-0.2, -0.15) is 5.10 Å². The van der Waals surface area contributed by atoms with Gasteiger partial charge in [-0.15, -0.1) is 0 Å². The van der Waals surface area contributed by atoms with Crippen molar-refractivity contribution in [1.29, 1.82) is 0 Å². The van der Waals surface area contributed by atoms with Crippen LogP contribution in [0.2, 0.25) is 0 Å². The fourth-order valence-electron chi connectivity index (χ4n) is 1.12. The van der Waals surface area contributed by atoms with Crippen LogP contribution >= 0.6 is 0 Å². The van der Waals surface area contributed by atoms with E-state index in [9.17, 15) is 0 Å². The number of anilines is 1. The van der Waals surface area contributed by atoms with E-state index in [1.807, 2.05) is 19.1 Å². The van der Waals surface area contributed by atoms with Crippen molar-refractivity contribution >= 4 is 16.6 Å². The summed E-state index contributed by atoms with van der Waals surface area (Å²) in [6.07, 6.45) is 1.77. The number of aryl methyl sites for hydroxylation is 1. The van der Waals surface area contributed by atoms with E-state index >= 15 is 0 Å². The first kappa shape index (κ1) is 6.22. The third kappa shape index (κ3) is 0.852. The van der Waals surface area contributed by atoms with Gasteiger partial charge < -0.3 is 5.73 Å². The van der Waals surface area contributed by atoms with Gasteiger partial charge in [0.2, 0.25) is 0 Å². The van der Waals surface area contributed by atoms with Crippen LogP contribution in [-0.2, 0) is 0 Å². The molecule has 0 fully saturated rings. The van der Waals surface area contributed by atoms with Crippen LogP contribution in [0.15, 0.2) is 18.3 Å². The topological polar surface area (TPSA) is 54.7 Å². The molecule has 0 aliphatic heterocycles. The number of H-pyrrole nitrogens is 1. The molecular weight excluding hydrogens is 138 g/mol. The van der Waals surface area contributed by atoms with E-state index in [1.54, 1.807) is 6.20 Å². The van der Waals surface area contributed by atoms with Crippen LogP contribution in [0, 0.1) is 6.92 Å². The fraction of sp³-hybridized carbons (Fsp3) is 0.125. The summed E-state index contributed by atoms with van der Waals surface area (Å²) >= 11 is 0. The second-order valence-corrected chi connectivity index (χ2v) is 2.67. The van der Waals surface area contributed by atoms with Crippen molar-refractivity contribution in [1.82, 2.24) is 10.2 Å². The summed E-state index contributed by atoms with van der Waals surface area (Å²) in [6, 6.07) is 3.92. The highest BCUT2D eigenvalue weighted by Crippen LogP contribution is 2.18. The maximum absolute atomic E-state index is 5.70. The molecule has 1 aromatic carbocycles. The van der Waals surface area contributed by atoms with Crippen molar-refractivity contribution in [3.05, 3.63) is 23.9 Å². The predicted octanol–water partition coefficient (Wildman–Crippen LogP) is 1.45. The van der Waals surface area contributed by atoms with E-state index in [-0.39, 0.29) is 0 Å². The molecular formula is C8H9N3.